The van der Waals surface area contributed by atoms with Crippen LogP contribution in [0.25, 0.3) is 11.3 Å². The van der Waals surface area contributed by atoms with E-state index < -0.39 is 5.91 Å². The van der Waals surface area contributed by atoms with Gasteiger partial charge in [-0.15, -0.1) is 0 Å². The van der Waals surface area contributed by atoms with Crippen LogP contribution in [-0.2, 0) is 0 Å². The molecular formula is C25H28Cl2N4O2. The molecule has 2 aromatic carbocycles. The molecule has 0 radical (unpaired) electrons. The SMILES string of the molecule is CCCCCCCCOc1ccc(-c2cc(C(=O)N/N=C\c3ccc(Cl)c(Cl)c3)[nH]n2)cc1. The summed E-state index contributed by atoms with van der Waals surface area (Å²) in [6, 6.07) is 14.4. The lowest BCUT2D eigenvalue weighted by atomic mass is 10.1. The molecular weight excluding hydrogens is 459 g/mol. The molecule has 6 nitrogen and oxygen atoms in total. The van der Waals surface area contributed by atoms with Gasteiger partial charge in [0.2, 0.25) is 0 Å². The van der Waals surface area contributed by atoms with Crippen molar-refractivity contribution in [3.05, 3.63) is 69.8 Å². The molecule has 0 unspecified atom stereocenters. The first kappa shape index (κ1) is 24.8. The highest BCUT2D eigenvalue weighted by Gasteiger charge is 2.10. The largest absolute Gasteiger partial charge is 0.494 e. The standard InChI is InChI=1S/C25H28Cl2N4O2/c1-2-3-4-5-6-7-14-33-20-11-9-19(10-12-20)23-16-24(30-29-23)25(32)31-28-17-18-8-13-21(26)22(27)15-18/h8-13,15-17H,2-7,14H2,1H3,(H,29,30)(H,31,32)/b28-17-. The molecule has 0 aliphatic heterocycles. The summed E-state index contributed by atoms with van der Waals surface area (Å²) >= 11 is 11.9. The van der Waals surface area contributed by atoms with E-state index in [0.29, 0.717) is 27.0 Å². The van der Waals surface area contributed by atoms with Crippen molar-refractivity contribution < 1.29 is 9.53 Å². The van der Waals surface area contributed by atoms with Crippen molar-refractivity contribution in [1.29, 1.82) is 0 Å². The number of aromatic amines is 1. The van der Waals surface area contributed by atoms with Gasteiger partial charge in [0.05, 0.1) is 28.6 Å². The van der Waals surface area contributed by atoms with Crippen molar-refractivity contribution >= 4 is 35.3 Å². The topological polar surface area (TPSA) is 79.4 Å². The molecule has 174 valence electrons. The maximum Gasteiger partial charge on any atom is 0.289 e. The van der Waals surface area contributed by atoms with Gasteiger partial charge in [-0.1, -0.05) is 68.3 Å². The third-order valence-electron chi connectivity index (χ3n) is 5.06. The van der Waals surface area contributed by atoms with Crippen molar-refractivity contribution in [2.24, 2.45) is 5.10 Å². The van der Waals surface area contributed by atoms with E-state index in [4.69, 9.17) is 27.9 Å². The molecule has 0 saturated heterocycles. The van der Waals surface area contributed by atoms with Crippen LogP contribution in [0, 0.1) is 0 Å². The van der Waals surface area contributed by atoms with E-state index in [9.17, 15) is 4.79 Å². The summed E-state index contributed by atoms with van der Waals surface area (Å²) in [6.07, 6.45) is 8.90. The second kappa shape index (κ2) is 13.0. The van der Waals surface area contributed by atoms with Gasteiger partial charge in [-0.3, -0.25) is 9.89 Å². The number of nitrogens with zero attached hydrogens (tertiary/aromatic N) is 2. The maximum absolute atomic E-state index is 12.3. The van der Waals surface area contributed by atoms with Gasteiger partial charge in [0.15, 0.2) is 0 Å². The molecule has 1 heterocycles. The molecule has 33 heavy (non-hydrogen) atoms. The Balaban J connectivity index is 1.47. The Morgan fingerprint density at radius 2 is 1.79 bits per heavy atom. The molecule has 0 atom stereocenters. The van der Waals surface area contributed by atoms with Crippen LogP contribution in [0.2, 0.25) is 10.0 Å². The minimum absolute atomic E-state index is 0.305. The van der Waals surface area contributed by atoms with E-state index in [1.54, 1.807) is 24.3 Å². The number of aromatic nitrogens is 2. The average molecular weight is 487 g/mol. The Kier molecular flexibility index (Phi) is 9.78. The van der Waals surface area contributed by atoms with E-state index in [0.717, 1.165) is 24.3 Å². The first-order valence-corrected chi connectivity index (χ1v) is 11.9. The summed E-state index contributed by atoms with van der Waals surface area (Å²) in [5.74, 6) is 0.432. The van der Waals surface area contributed by atoms with Gasteiger partial charge < -0.3 is 4.74 Å². The van der Waals surface area contributed by atoms with Gasteiger partial charge in [-0.25, -0.2) is 5.43 Å². The van der Waals surface area contributed by atoms with Gasteiger partial charge in [-0.2, -0.15) is 10.2 Å². The second-order valence-electron chi connectivity index (χ2n) is 7.68. The number of benzene rings is 2. The summed E-state index contributed by atoms with van der Waals surface area (Å²) in [4.78, 5) is 12.3. The molecule has 0 spiro atoms. The number of rotatable bonds is 12. The lowest BCUT2D eigenvalue weighted by Crippen LogP contribution is -2.18. The van der Waals surface area contributed by atoms with Crippen LogP contribution in [0.4, 0.5) is 0 Å². The van der Waals surface area contributed by atoms with Crippen molar-refractivity contribution in [3.8, 4) is 17.0 Å². The number of halogens is 2. The lowest BCUT2D eigenvalue weighted by Gasteiger charge is -2.06. The Bertz CT molecular complexity index is 1060. The second-order valence-corrected chi connectivity index (χ2v) is 8.49. The van der Waals surface area contributed by atoms with E-state index >= 15 is 0 Å². The van der Waals surface area contributed by atoms with E-state index in [1.807, 2.05) is 24.3 Å². The van der Waals surface area contributed by atoms with Crippen LogP contribution in [-0.4, -0.2) is 28.9 Å². The predicted molar refractivity (Wildman–Crippen MR) is 134 cm³/mol. The fourth-order valence-electron chi connectivity index (χ4n) is 3.20. The third-order valence-corrected chi connectivity index (χ3v) is 5.80. The normalized spacial score (nSPS) is 11.1. The van der Waals surface area contributed by atoms with Crippen molar-refractivity contribution in [2.75, 3.05) is 6.61 Å². The molecule has 1 aromatic heterocycles. The minimum atomic E-state index is -0.399. The van der Waals surface area contributed by atoms with Crippen molar-refractivity contribution in [2.45, 2.75) is 45.4 Å². The number of hydrogen-bond acceptors (Lipinski definition) is 4. The molecule has 3 aromatic rings. The van der Waals surface area contributed by atoms with Crippen LogP contribution >= 0.6 is 23.2 Å². The van der Waals surface area contributed by atoms with E-state index in [2.05, 4.69) is 27.6 Å². The van der Waals surface area contributed by atoms with E-state index in [-0.39, 0.29) is 0 Å². The molecule has 2 N–H and O–H groups in total. The smallest absolute Gasteiger partial charge is 0.289 e. The fraction of sp³-hybridized carbons (Fsp3) is 0.320. The quantitative estimate of drug-likeness (QED) is 0.166. The van der Waals surface area contributed by atoms with Gasteiger partial charge in [0, 0.05) is 5.56 Å². The molecule has 3 rings (SSSR count). The number of hydrazone groups is 1. The molecule has 1 amide bonds. The fourth-order valence-corrected chi connectivity index (χ4v) is 3.51. The first-order chi connectivity index (χ1) is 16.1. The van der Waals surface area contributed by atoms with Crippen molar-refractivity contribution in [3.63, 3.8) is 0 Å². The Hall–Kier alpha value is -2.83. The molecule has 8 heteroatoms. The number of carbonyl (C=O) groups excluding carboxylic acids is 1. The minimum Gasteiger partial charge on any atom is -0.494 e. The zero-order valence-corrected chi connectivity index (χ0v) is 20.1. The maximum atomic E-state index is 12.3. The summed E-state index contributed by atoms with van der Waals surface area (Å²) in [7, 11) is 0. The summed E-state index contributed by atoms with van der Waals surface area (Å²) < 4.78 is 5.82. The van der Waals surface area contributed by atoms with Crippen LogP contribution in [0.15, 0.2) is 53.6 Å². The molecule has 0 aliphatic carbocycles. The number of nitrogens with one attached hydrogen (secondary N) is 2. The number of hydrogen-bond donors (Lipinski definition) is 2. The summed E-state index contributed by atoms with van der Waals surface area (Å²) in [6.45, 7) is 2.95. The number of ether oxygens (including phenoxy) is 1. The molecule has 0 fully saturated rings. The Morgan fingerprint density at radius 3 is 2.55 bits per heavy atom. The van der Waals surface area contributed by atoms with Crippen LogP contribution in [0.3, 0.4) is 0 Å². The van der Waals surface area contributed by atoms with Gasteiger partial charge in [0.25, 0.3) is 5.91 Å². The zero-order valence-electron chi connectivity index (χ0n) is 18.6. The Morgan fingerprint density at radius 1 is 1.03 bits per heavy atom. The summed E-state index contributed by atoms with van der Waals surface area (Å²) in [5, 5.41) is 11.8. The monoisotopic (exact) mass is 486 g/mol. The predicted octanol–water partition coefficient (Wildman–Crippen LogP) is 6.89. The third kappa shape index (κ3) is 7.91. The van der Waals surface area contributed by atoms with Crippen LogP contribution in [0.1, 0.15) is 61.5 Å². The molecule has 0 aliphatic rings. The number of unbranched alkanes of at least 4 members (excludes halogenated alkanes) is 5. The van der Waals surface area contributed by atoms with E-state index in [1.165, 1.54) is 38.3 Å². The van der Waals surface area contributed by atoms with Crippen molar-refractivity contribution in [1.82, 2.24) is 15.6 Å². The Labute approximate surface area is 204 Å². The van der Waals surface area contributed by atoms with Gasteiger partial charge >= 0.3 is 0 Å². The van der Waals surface area contributed by atoms with Crippen LogP contribution in [0.5, 0.6) is 5.75 Å². The first-order valence-electron chi connectivity index (χ1n) is 11.1. The number of carbonyl (C=O) groups is 1. The highest BCUT2D eigenvalue weighted by atomic mass is 35.5. The molecule has 0 bridgehead atoms. The highest BCUT2D eigenvalue weighted by Crippen LogP contribution is 2.23. The molecule has 0 saturated carbocycles. The average Bonchev–Trinajstić information content (AvgIpc) is 3.32. The van der Waals surface area contributed by atoms with Gasteiger partial charge in [-0.05, 0) is 54.4 Å². The number of amides is 1. The van der Waals surface area contributed by atoms with Gasteiger partial charge in [0.1, 0.15) is 11.4 Å². The zero-order chi connectivity index (χ0) is 23.5. The lowest BCUT2D eigenvalue weighted by molar-refractivity contribution is 0.0950. The highest BCUT2D eigenvalue weighted by molar-refractivity contribution is 6.42. The number of H-pyrrole nitrogens is 1. The van der Waals surface area contributed by atoms with Crippen LogP contribution < -0.4 is 10.2 Å². The summed E-state index contributed by atoms with van der Waals surface area (Å²) in [5.41, 5.74) is 5.03.